The maximum absolute atomic E-state index is 13.9. The Morgan fingerprint density at radius 1 is 0.978 bits per heavy atom. The molecule has 4 saturated carbocycles. The van der Waals surface area contributed by atoms with Gasteiger partial charge in [0.05, 0.1) is 19.3 Å². The SMILES string of the molecule is CC[C@@H]1C[C@H](NC(=O)N(CCn2cncn2)C2CCCCC2)CC[C@]1(C)[C@H]1CC[C@@]2(C)[C@H](C1)C[C@@H]1O[C@]3(CC[C@H](C)CO3)[C@@H](C)[C@@H]12. The summed E-state index contributed by atoms with van der Waals surface area (Å²) in [4.78, 5) is 20.1. The predicted molar refractivity (Wildman–Crippen MR) is 180 cm³/mol. The molecule has 0 aromatic carbocycles. The molecule has 1 N–H and O–H groups in total. The second-order valence-electron chi connectivity index (χ2n) is 17.3. The topological polar surface area (TPSA) is 81.5 Å². The quantitative estimate of drug-likeness (QED) is 0.330. The van der Waals surface area contributed by atoms with Gasteiger partial charge in [0.2, 0.25) is 0 Å². The fourth-order valence-corrected chi connectivity index (χ4v) is 12.0. The first-order valence-corrected chi connectivity index (χ1v) is 19.4. The van der Waals surface area contributed by atoms with Crippen LogP contribution in [0.3, 0.4) is 0 Å². The average molecular weight is 638 g/mol. The average Bonchev–Trinajstić information content (AvgIpc) is 3.75. The summed E-state index contributed by atoms with van der Waals surface area (Å²) < 4.78 is 15.3. The number of carbonyl (C=O) groups excluding carboxylic acids is 1. The first-order chi connectivity index (χ1) is 22.1. The molecule has 8 heteroatoms. The highest BCUT2D eigenvalue weighted by molar-refractivity contribution is 5.75. The third kappa shape index (κ3) is 5.83. The molecule has 3 heterocycles. The van der Waals surface area contributed by atoms with Crippen molar-refractivity contribution in [3.8, 4) is 0 Å². The molecular weight excluding hydrogens is 574 g/mol. The van der Waals surface area contributed by atoms with Gasteiger partial charge in [-0.1, -0.05) is 60.3 Å². The van der Waals surface area contributed by atoms with E-state index in [1.165, 1.54) is 64.2 Å². The number of nitrogens with one attached hydrogen (secondary N) is 1. The van der Waals surface area contributed by atoms with E-state index in [0.717, 1.165) is 50.5 Å². The van der Waals surface area contributed by atoms with Crippen LogP contribution in [0.5, 0.6) is 0 Å². The highest BCUT2D eigenvalue weighted by Crippen LogP contribution is 2.67. The minimum Gasteiger partial charge on any atom is -0.349 e. The van der Waals surface area contributed by atoms with Gasteiger partial charge in [-0.2, -0.15) is 5.10 Å². The van der Waals surface area contributed by atoms with Crippen LogP contribution < -0.4 is 5.32 Å². The molecule has 11 atom stereocenters. The summed E-state index contributed by atoms with van der Waals surface area (Å²) >= 11 is 0. The smallest absolute Gasteiger partial charge is 0.317 e. The van der Waals surface area contributed by atoms with E-state index >= 15 is 0 Å². The lowest BCUT2D eigenvalue weighted by Gasteiger charge is -2.55. The fraction of sp³-hybridized carbons (Fsp3) is 0.921. The molecule has 1 aromatic heterocycles. The van der Waals surface area contributed by atoms with Crippen LogP contribution in [0.15, 0.2) is 12.7 Å². The van der Waals surface area contributed by atoms with E-state index in [4.69, 9.17) is 9.47 Å². The molecule has 6 aliphatic rings. The van der Waals surface area contributed by atoms with E-state index in [1.54, 1.807) is 12.7 Å². The molecular formula is C38H63N5O3. The van der Waals surface area contributed by atoms with Crippen molar-refractivity contribution in [3.05, 3.63) is 12.7 Å². The number of hydrogen-bond acceptors (Lipinski definition) is 5. The molecule has 258 valence electrons. The number of urea groups is 1. The van der Waals surface area contributed by atoms with Crippen molar-refractivity contribution in [1.82, 2.24) is 25.0 Å². The number of nitrogens with zero attached hydrogens (tertiary/aromatic N) is 4. The van der Waals surface area contributed by atoms with Crippen molar-refractivity contribution < 1.29 is 14.3 Å². The van der Waals surface area contributed by atoms with Crippen LogP contribution in [0.2, 0.25) is 0 Å². The molecule has 1 aromatic rings. The normalized spacial score (nSPS) is 44.5. The number of hydrogen-bond donors (Lipinski definition) is 1. The lowest BCUT2D eigenvalue weighted by atomic mass is 9.51. The Morgan fingerprint density at radius 2 is 1.78 bits per heavy atom. The Balaban J connectivity index is 0.979. The van der Waals surface area contributed by atoms with Crippen molar-refractivity contribution >= 4 is 6.03 Å². The van der Waals surface area contributed by atoms with Gasteiger partial charge in [0, 0.05) is 31.0 Å². The third-order valence-corrected chi connectivity index (χ3v) is 15.0. The van der Waals surface area contributed by atoms with Crippen LogP contribution in [-0.4, -0.2) is 62.8 Å². The molecule has 1 spiro atoms. The summed E-state index contributed by atoms with van der Waals surface area (Å²) in [6.45, 7) is 14.7. The molecule has 8 nitrogen and oxygen atoms in total. The largest absolute Gasteiger partial charge is 0.349 e. The van der Waals surface area contributed by atoms with Gasteiger partial charge in [-0.05, 0) is 105 Å². The summed E-state index contributed by atoms with van der Waals surface area (Å²) in [7, 11) is 0. The highest BCUT2D eigenvalue weighted by atomic mass is 16.7. The molecule has 7 rings (SSSR count). The summed E-state index contributed by atoms with van der Waals surface area (Å²) in [5.74, 6) is 3.61. The Hall–Kier alpha value is -1.67. The summed E-state index contributed by atoms with van der Waals surface area (Å²) in [5.41, 5.74) is 0.718. The maximum Gasteiger partial charge on any atom is 0.317 e. The monoisotopic (exact) mass is 637 g/mol. The molecule has 46 heavy (non-hydrogen) atoms. The van der Waals surface area contributed by atoms with E-state index in [9.17, 15) is 4.79 Å². The van der Waals surface area contributed by atoms with Gasteiger partial charge in [-0.3, -0.25) is 4.68 Å². The highest BCUT2D eigenvalue weighted by Gasteiger charge is 2.66. The Bertz CT molecular complexity index is 1180. The molecule has 0 unspecified atom stereocenters. The summed E-state index contributed by atoms with van der Waals surface area (Å²) in [5, 5.41) is 7.86. The number of ether oxygens (including phenoxy) is 2. The molecule has 2 amide bonds. The molecule has 2 aliphatic heterocycles. The number of fused-ring (bicyclic) bond motifs is 3. The Kier molecular flexibility index (Phi) is 9.27. The van der Waals surface area contributed by atoms with Gasteiger partial charge >= 0.3 is 6.03 Å². The van der Waals surface area contributed by atoms with Crippen LogP contribution in [-0.2, 0) is 16.0 Å². The van der Waals surface area contributed by atoms with Crippen LogP contribution in [0.1, 0.15) is 131 Å². The molecule has 0 bridgehead atoms. The molecule has 6 fully saturated rings. The van der Waals surface area contributed by atoms with E-state index in [0.29, 0.717) is 59.7 Å². The van der Waals surface area contributed by atoms with Gasteiger partial charge in [-0.25, -0.2) is 9.78 Å². The fourth-order valence-electron chi connectivity index (χ4n) is 12.0. The van der Waals surface area contributed by atoms with Crippen molar-refractivity contribution in [2.75, 3.05) is 13.2 Å². The van der Waals surface area contributed by atoms with E-state index in [-0.39, 0.29) is 17.9 Å². The Labute approximate surface area is 278 Å². The van der Waals surface area contributed by atoms with Gasteiger partial charge in [-0.15, -0.1) is 0 Å². The zero-order chi connectivity index (χ0) is 32.1. The molecule has 2 saturated heterocycles. The first-order valence-electron chi connectivity index (χ1n) is 19.4. The zero-order valence-electron chi connectivity index (χ0n) is 29.6. The maximum atomic E-state index is 13.9. The van der Waals surface area contributed by atoms with Crippen molar-refractivity contribution in [3.63, 3.8) is 0 Å². The van der Waals surface area contributed by atoms with Crippen molar-refractivity contribution in [2.45, 2.75) is 161 Å². The minimum absolute atomic E-state index is 0.143. The third-order valence-electron chi connectivity index (χ3n) is 15.0. The van der Waals surface area contributed by atoms with Crippen LogP contribution in [0.4, 0.5) is 4.79 Å². The number of carbonyl (C=O) groups is 1. The standard InChI is InChI=1S/C38H63N5O3/c1-6-28-21-31(41-35(44)43(32-10-8-7-9-11-32)19-18-42-25-39-24-40-42)14-16-36(28,4)29-13-15-37(5)30(20-29)22-33-34(37)27(3)38(46-33)17-12-26(2)23-45-38/h24-34H,6-23H2,1-5H3,(H,41,44)/t26-,27-,28+,29-,30+,31+,33-,34-,36-,37-,38+/m0/s1. The Morgan fingerprint density at radius 3 is 2.50 bits per heavy atom. The summed E-state index contributed by atoms with van der Waals surface area (Å²) in [6.07, 6.45) is 21.9. The molecule has 4 aliphatic carbocycles. The van der Waals surface area contributed by atoms with Gasteiger partial charge in [0.25, 0.3) is 0 Å². The van der Waals surface area contributed by atoms with Crippen molar-refractivity contribution in [2.24, 2.45) is 46.3 Å². The van der Waals surface area contributed by atoms with E-state index in [1.807, 2.05) is 4.68 Å². The van der Waals surface area contributed by atoms with Gasteiger partial charge < -0.3 is 19.7 Å². The van der Waals surface area contributed by atoms with Gasteiger partial charge in [0.1, 0.15) is 12.7 Å². The second kappa shape index (κ2) is 13.0. The predicted octanol–water partition coefficient (Wildman–Crippen LogP) is 7.83. The molecule has 0 radical (unpaired) electrons. The van der Waals surface area contributed by atoms with Crippen LogP contribution >= 0.6 is 0 Å². The summed E-state index contributed by atoms with van der Waals surface area (Å²) in [6, 6.07) is 0.751. The minimum atomic E-state index is -0.322. The first kappa shape index (κ1) is 32.9. The van der Waals surface area contributed by atoms with Crippen LogP contribution in [0.25, 0.3) is 0 Å². The second-order valence-corrected chi connectivity index (χ2v) is 17.3. The lowest BCUT2D eigenvalue weighted by molar-refractivity contribution is -0.272. The van der Waals surface area contributed by atoms with Crippen LogP contribution in [0, 0.1) is 46.3 Å². The zero-order valence-corrected chi connectivity index (χ0v) is 29.6. The number of aromatic nitrogens is 3. The number of rotatable bonds is 7. The van der Waals surface area contributed by atoms with Crippen molar-refractivity contribution in [1.29, 1.82) is 0 Å². The van der Waals surface area contributed by atoms with Gasteiger partial charge in [0.15, 0.2) is 5.79 Å². The van der Waals surface area contributed by atoms with E-state index in [2.05, 4.69) is 54.9 Å². The van der Waals surface area contributed by atoms with E-state index < -0.39 is 0 Å². The lowest BCUT2D eigenvalue weighted by Crippen LogP contribution is -2.54. The number of amides is 2.